The lowest BCUT2D eigenvalue weighted by molar-refractivity contribution is -0.00303. The number of ether oxygens (including phenoxy) is 1. The number of aryl methyl sites for hydroxylation is 1. The molecule has 2 aromatic carbocycles. The minimum absolute atomic E-state index is 0.107. The molecule has 9 heteroatoms. The molecule has 2 aromatic rings. The molecule has 0 bridgehead atoms. The van der Waals surface area contributed by atoms with E-state index in [0.29, 0.717) is 30.5 Å². The normalized spacial score (nSPS) is 24.7. The van der Waals surface area contributed by atoms with E-state index in [1.807, 2.05) is 25.1 Å². The maximum Gasteiger partial charge on any atom is 0.264 e. The van der Waals surface area contributed by atoms with E-state index in [0.717, 1.165) is 44.2 Å². The quantitative estimate of drug-likeness (QED) is 0.292. The van der Waals surface area contributed by atoms with E-state index in [4.69, 9.17) is 22.8 Å². The van der Waals surface area contributed by atoms with Gasteiger partial charge < -0.3 is 14.7 Å². The molecular weight excluding hydrogens is 584 g/mol. The third-order valence-corrected chi connectivity index (χ3v) is 11.4. The number of terminal acetylenes is 1. The molecule has 1 spiro atoms. The topological polar surface area (TPSA) is 95.9 Å². The van der Waals surface area contributed by atoms with Crippen LogP contribution < -0.4 is 14.4 Å². The molecule has 1 aliphatic heterocycles. The number of rotatable bonds is 8. The molecule has 1 fully saturated rings. The van der Waals surface area contributed by atoms with Crippen molar-refractivity contribution in [2.75, 3.05) is 24.6 Å². The molecule has 43 heavy (non-hydrogen) atoms. The molecule has 0 radical (unpaired) electrons. The van der Waals surface area contributed by atoms with Crippen LogP contribution in [0.4, 0.5) is 5.69 Å². The fourth-order valence-electron chi connectivity index (χ4n) is 6.79. The van der Waals surface area contributed by atoms with Crippen molar-refractivity contribution >= 4 is 33.2 Å². The van der Waals surface area contributed by atoms with Crippen molar-refractivity contribution in [3.05, 3.63) is 70.3 Å². The molecule has 4 atom stereocenters. The Balaban J connectivity index is 1.54. The monoisotopic (exact) mass is 624 g/mol. The Kier molecular flexibility index (Phi) is 8.91. The second kappa shape index (κ2) is 12.2. The molecule has 0 saturated heterocycles. The molecule has 1 saturated carbocycles. The van der Waals surface area contributed by atoms with Crippen LogP contribution in [0, 0.1) is 24.2 Å². The van der Waals surface area contributed by atoms with E-state index >= 15 is 0 Å². The number of amides is 1. The Morgan fingerprint density at radius 1 is 1.30 bits per heavy atom. The maximum absolute atomic E-state index is 13.1. The van der Waals surface area contributed by atoms with Crippen LogP contribution in [-0.2, 0) is 21.9 Å². The maximum atomic E-state index is 13.1. The van der Waals surface area contributed by atoms with Crippen molar-refractivity contribution < 1.29 is 23.1 Å². The number of nitrogens with zero attached hydrogens (tertiary/aromatic N) is 1. The predicted molar refractivity (Wildman–Crippen MR) is 171 cm³/mol. The number of aliphatic hydroxyl groups is 1. The van der Waals surface area contributed by atoms with Crippen LogP contribution >= 0.6 is 11.6 Å². The Hall–Kier alpha value is -2.99. The number of sulfonamides is 1. The highest BCUT2D eigenvalue weighted by atomic mass is 35.5. The second-order valence-corrected chi connectivity index (χ2v) is 15.2. The van der Waals surface area contributed by atoms with Crippen LogP contribution in [0.2, 0.25) is 5.02 Å². The van der Waals surface area contributed by atoms with Crippen LogP contribution in [0.3, 0.4) is 0 Å². The summed E-state index contributed by atoms with van der Waals surface area (Å²) < 4.78 is 33.7. The minimum atomic E-state index is -3.80. The number of carbonyl (C=O) groups is 1. The largest absolute Gasteiger partial charge is 0.490 e. The average molecular weight is 625 g/mol. The van der Waals surface area contributed by atoms with Crippen molar-refractivity contribution in [3.63, 3.8) is 0 Å². The van der Waals surface area contributed by atoms with Crippen LogP contribution in [0.15, 0.2) is 48.6 Å². The van der Waals surface area contributed by atoms with Gasteiger partial charge in [-0.3, -0.25) is 4.79 Å². The number of allylic oxidation sites excluding steroid dienone is 1. The Bertz CT molecular complexity index is 1560. The second-order valence-electron chi connectivity index (χ2n) is 12.5. The van der Waals surface area contributed by atoms with E-state index in [9.17, 15) is 18.3 Å². The van der Waals surface area contributed by atoms with Gasteiger partial charge in [0.25, 0.3) is 5.91 Å². The van der Waals surface area contributed by atoms with Gasteiger partial charge in [0.1, 0.15) is 11.4 Å². The zero-order valence-electron chi connectivity index (χ0n) is 25.1. The first-order valence-electron chi connectivity index (χ1n) is 15.2. The summed E-state index contributed by atoms with van der Waals surface area (Å²) in [7, 11) is -3.80. The number of hydrogen-bond donors (Lipinski definition) is 2. The lowest BCUT2D eigenvalue weighted by Crippen LogP contribution is -2.52. The summed E-state index contributed by atoms with van der Waals surface area (Å²) >= 11 is 6.39. The third-order valence-electron chi connectivity index (χ3n) is 9.43. The highest BCUT2D eigenvalue weighted by molar-refractivity contribution is 7.90. The SMILES string of the molecule is C#CC(O)(/C=C/CC)[C@@H]1CC[C@H]1CN1C[C@@]2(CCCc3cc(Cl)ccc32)COc2ccc(C(=O)NS(=O)(=O)C(C)C)cc21. The smallest absolute Gasteiger partial charge is 0.264 e. The number of hydrogen-bond acceptors (Lipinski definition) is 6. The molecule has 2 N–H and O–H groups in total. The van der Waals surface area contributed by atoms with Crippen LogP contribution in [0.25, 0.3) is 0 Å². The van der Waals surface area contributed by atoms with Crippen LogP contribution in [-0.4, -0.2) is 50.0 Å². The van der Waals surface area contributed by atoms with Gasteiger partial charge in [-0.15, -0.1) is 6.42 Å². The van der Waals surface area contributed by atoms with Crippen LogP contribution in [0.1, 0.15) is 74.4 Å². The lowest BCUT2D eigenvalue weighted by Gasteiger charge is -2.47. The molecule has 5 rings (SSSR count). The van der Waals surface area contributed by atoms with Crippen LogP contribution in [0.5, 0.6) is 5.75 Å². The van der Waals surface area contributed by atoms with Gasteiger partial charge in [0.15, 0.2) is 0 Å². The summed E-state index contributed by atoms with van der Waals surface area (Å²) in [4.78, 5) is 15.4. The molecular formula is C34H41ClN2O5S. The number of fused-ring (bicyclic) bond motifs is 3. The molecule has 230 valence electrons. The van der Waals surface area contributed by atoms with Crippen molar-refractivity contribution in [2.24, 2.45) is 11.8 Å². The summed E-state index contributed by atoms with van der Waals surface area (Å²) in [5.41, 5.74) is 1.76. The van der Waals surface area contributed by atoms with Gasteiger partial charge in [0, 0.05) is 35.0 Å². The molecule has 1 amide bonds. The summed E-state index contributed by atoms with van der Waals surface area (Å²) in [6, 6.07) is 11.2. The zero-order valence-corrected chi connectivity index (χ0v) is 26.7. The van der Waals surface area contributed by atoms with E-state index in [1.165, 1.54) is 25.0 Å². The third kappa shape index (κ3) is 6.18. The first-order chi connectivity index (χ1) is 20.4. The lowest BCUT2D eigenvalue weighted by atomic mass is 9.64. The van der Waals surface area contributed by atoms with E-state index < -0.39 is 26.8 Å². The average Bonchev–Trinajstić information content (AvgIpc) is 3.10. The molecule has 1 unspecified atom stereocenters. The standard InChI is InChI=1S/C34H41ClN2O5S/c1-5-7-17-34(39,6-2)29-13-10-26(29)20-37-21-33(16-8-9-24-18-27(35)12-14-28(24)33)22-42-31-15-11-25(19-30(31)37)32(38)36-43(40,41)23(3)4/h2,7,11-12,14-15,17-19,23,26,29,39H,5,8-10,13,16,20-22H2,1,3-4H3,(H,36,38)/b17-7+/t26-,29+,33-,34?/m0/s1. The fourth-order valence-corrected chi connectivity index (χ4v) is 7.59. The summed E-state index contributed by atoms with van der Waals surface area (Å²) in [6.45, 7) is 6.75. The van der Waals surface area contributed by atoms with Gasteiger partial charge in [-0.1, -0.05) is 36.6 Å². The number of halogens is 1. The zero-order chi connectivity index (χ0) is 31.0. The number of benzene rings is 2. The van der Waals surface area contributed by atoms with Gasteiger partial charge >= 0.3 is 0 Å². The molecule has 1 heterocycles. The Labute approximate surface area is 260 Å². The Morgan fingerprint density at radius 2 is 2.09 bits per heavy atom. The number of nitrogens with one attached hydrogen (secondary N) is 1. The molecule has 7 nitrogen and oxygen atoms in total. The van der Waals surface area contributed by atoms with Gasteiger partial charge in [-0.05, 0) is 106 Å². The molecule has 3 aliphatic rings. The van der Waals surface area contributed by atoms with E-state index in [1.54, 1.807) is 24.3 Å². The van der Waals surface area contributed by atoms with Crippen molar-refractivity contribution in [1.82, 2.24) is 4.72 Å². The van der Waals surface area contributed by atoms with Crippen molar-refractivity contribution in [1.29, 1.82) is 0 Å². The molecule has 0 aromatic heterocycles. The van der Waals surface area contributed by atoms with Gasteiger partial charge in [-0.2, -0.15) is 0 Å². The summed E-state index contributed by atoms with van der Waals surface area (Å²) in [5, 5.41) is 11.4. The Morgan fingerprint density at radius 3 is 2.77 bits per heavy atom. The summed E-state index contributed by atoms with van der Waals surface area (Å²) in [6.07, 6.45) is 14.9. The van der Waals surface area contributed by atoms with E-state index in [-0.39, 0.29) is 22.8 Å². The van der Waals surface area contributed by atoms with Gasteiger partial charge in [0.05, 0.1) is 17.5 Å². The fraction of sp³-hybridized carbons (Fsp3) is 0.500. The molecule has 2 aliphatic carbocycles. The van der Waals surface area contributed by atoms with Gasteiger partial charge in [-0.25, -0.2) is 13.1 Å². The highest BCUT2D eigenvalue weighted by Gasteiger charge is 2.47. The predicted octanol–water partition coefficient (Wildman–Crippen LogP) is 5.64. The van der Waals surface area contributed by atoms with E-state index in [2.05, 4.69) is 21.6 Å². The summed E-state index contributed by atoms with van der Waals surface area (Å²) in [5.74, 6) is 2.60. The minimum Gasteiger partial charge on any atom is -0.490 e. The van der Waals surface area contributed by atoms with Gasteiger partial charge in [0.2, 0.25) is 10.0 Å². The number of anilines is 1. The van der Waals surface area contributed by atoms with Crippen molar-refractivity contribution in [3.8, 4) is 18.1 Å². The highest BCUT2D eigenvalue weighted by Crippen LogP contribution is 2.48. The first kappa shape index (κ1) is 31.4. The number of carbonyl (C=O) groups excluding carboxylic acids is 1. The first-order valence-corrected chi connectivity index (χ1v) is 17.1. The van der Waals surface area contributed by atoms with Crippen molar-refractivity contribution in [2.45, 2.75) is 75.6 Å².